The van der Waals surface area contributed by atoms with Crippen LogP contribution in [0.1, 0.15) is 32.3 Å². The standard InChI is InChI=1S/C13H16FNO4/c1-3-4-13(2,12(16)17)8-9-5-10(14)7-11(6-9)15(18)19/h5-7H,3-4,8H2,1-2H3,(H,16,17). The number of nitro groups is 1. The lowest BCUT2D eigenvalue weighted by Gasteiger charge is -2.24. The molecule has 19 heavy (non-hydrogen) atoms. The smallest absolute Gasteiger partial charge is 0.309 e. The summed E-state index contributed by atoms with van der Waals surface area (Å²) in [5.74, 6) is -1.71. The Morgan fingerprint density at radius 3 is 2.58 bits per heavy atom. The van der Waals surface area contributed by atoms with Crippen LogP contribution in [-0.4, -0.2) is 16.0 Å². The molecule has 0 heterocycles. The zero-order chi connectivity index (χ0) is 14.6. The lowest BCUT2D eigenvalue weighted by molar-refractivity contribution is -0.385. The number of nitrogens with zero attached hydrogens (tertiary/aromatic N) is 1. The Morgan fingerprint density at radius 1 is 1.47 bits per heavy atom. The number of non-ortho nitro benzene ring substituents is 1. The maximum atomic E-state index is 13.3. The summed E-state index contributed by atoms with van der Waals surface area (Å²) in [5.41, 5.74) is -1.08. The van der Waals surface area contributed by atoms with Crippen LogP contribution in [0.25, 0.3) is 0 Å². The Bertz CT molecular complexity index is 503. The highest BCUT2D eigenvalue weighted by Gasteiger charge is 2.32. The van der Waals surface area contributed by atoms with E-state index in [0.717, 1.165) is 12.1 Å². The van der Waals surface area contributed by atoms with Gasteiger partial charge in [-0.1, -0.05) is 13.3 Å². The molecule has 0 fully saturated rings. The molecule has 104 valence electrons. The van der Waals surface area contributed by atoms with Crippen LogP contribution in [0.5, 0.6) is 0 Å². The molecule has 1 N–H and O–H groups in total. The highest BCUT2D eigenvalue weighted by molar-refractivity contribution is 5.74. The number of hydrogen-bond donors (Lipinski definition) is 1. The number of benzene rings is 1. The summed E-state index contributed by atoms with van der Waals surface area (Å²) in [6.07, 6.45) is 1.15. The normalized spacial score (nSPS) is 13.8. The van der Waals surface area contributed by atoms with Crippen molar-refractivity contribution in [3.63, 3.8) is 0 Å². The number of carbonyl (C=O) groups is 1. The number of nitro benzene ring substituents is 1. The van der Waals surface area contributed by atoms with Crippen molar-refractivity contribution >= 4 is 11.7 Å². The predicted octanol–water partition coefficient (Wildman–Crippen LogP) is 3.17. The van der Waals surface area contributed by atoms with Crippen molar-refractivity contribution < 1.29 is 19.2 Å². The molecule has 1 aromatic carbocycles. The third-order valence-corrected chi connectivity index (χ3v) is 3.07. The van der Waals surface area contributed by atoms with Gasteiger partial charge in [-0.15, -0.1) is 0 Å². The van der Waals surface area contributed by atoms with Gasteiger partial charge in [0.05, 0.1) is 16.4 Å². The van der Waals surface area contributed by atoms with Gasteiger partial charge in [0.2, 0.25) is 0 Å². The second kappa shape index (κ2) is 5.77. The molecule has 0 amide bonds. The largest absolute Gasteiger partial charge is 0.481 e. The van der Waals surface area contributed by atoms with Gasteiger partial charge in [-0.2, -0.15) is 0 Å². The first-order valence-corrected chi connectivity index (χ1v) is 5.96. The van der Waals surface area contributed by atoms with E-state index in [1.165, 1.54) is 6.07 Å². The molecule has 1 unspecified atom stereocenters. The minimum absolute atomic E-state index is 0.0643. The first kappa shape index (κ1) is 15.1. The first-order valence-electron chi connectivity index (χ1n) is 5.96. The van der Waals surface area contributed by atoms with Crippen LogP contribution >= 0.6 is 0 Å². The fraction of sp³-hybridized carbons (Fsp3) is 0.462. The summed E-state index contributed by atoms with van der Waals surface area (Å²) in [4.78, 5) is 21.3. The summed E-state index contributed by atoms with van der Waals surface area (Å²) in [6, 6.07) is 3.19. The van der Waals surface area contributed by atoms with E-state index in [9.17, 15) is 24.4 Å². The van der Waals surface area contributed by atoms with Gasteiger partial charge in [0.1, 0.15) is 5.82 Å². The third kappa shape index (κ3) is 3.74. The SMILES string of the molecule is CCCC(C)(Cc1cc(F)cc([N+](=O)[O-])c1)C(=O)O. The first-order chi connectivity index (χ1) is 8.78. The fourth-order valence-electron chi connectivity index (χ4n) is 2.11. The second-order valence-corrected chi connectivity index (χ2v) is 4.87. The lowest BCUT2D eigenvalue weighted by atomic mass is 9.80. The molecule has 0 saturated heterocycles. The van der Waals surface area contributed by atoms with Crippen molar-refractivity contribution in [2.24, 2.45) is 5.41 Å². The maximum Gasteiger partial charge on any atom is 0.309 e. The van der Waals surface area contributed by atoms with Gasteiger partial charge in [0, 0.05) is 6.07 Å². The van der Waals surface area contributed by atoms with Crippen LogP contribution in [-0.2, 0) is 11.2 Å². The number of carboxylic acid groups (broad SMARTS) is 1. The summed E-state index contributed by atoms with van der Waals surface area (Å²) >= 11 is 0. The Kier molecular flexibility index (Phi) is 4.58. The highest BCUT2D eigenvalue weighted by atomic mass is 19.1. The summed E-state index contributed by atoms with van der Waals surface area (Å²) < 4.78 is 13.3. The number of carboxylic acids is 1. The molecule has 0 bridgehead atoms. The zero-order valence-electron chi connectivity index (χ0n) is 10.9. The molecule has 0 radical (unpaired) electrons. The van der Waals surface area contributed by atoms with Gasteiger partial charge in [0.25, 0.3) is 5.69 Å². The van der Waals surface area contributed by atoms with Crippen LogP contribution in [0.2, 0.25) is 0 Å². The van der Waals surface area contributed by atoms with Crippen molar-refractivity contribution in [3.8, 4) is 0 Å². The van der Waals surface area contributed by atoms with Gasteiger partial charge in [-0.05, 0) is 31.4 Å². The van der Waals surface area contributed by atoms with Crippen molar-refractivity contribution in [1.29, 1.82) is 0 Å². The molecule has 6 heteroatoms. The fourth-order valence-corrected chi connectivity index (χ4v) is 2.11. The third-order valence-electron chi connectivity index (χ3n) is 3.07. The Labute approximate surface area is 110 Å². The molecule has 0 aliphatic heterocycles. The van der Waals surface area contributed by atoms with Crippen molar-refractivity contribution in [3.05, 3.63) is 39.7 Å². The average Bonchev–Trinajstić information content (AvgIpc) is 2.27. The van der Waals surface area contributed by atoms with Crippen LogP contribution < -0.4 is 0 Å². The average molecular weight is 269 g/mol. The Balaban J connectivity index is 3.09. The number of halogens is 1. The Morgan fingerprint density at radius 2 is 2.11 bits per heavy atom. The summed E-state index contributed by atoms with van der Waals surface area (Å²) in [5, 5.41) is 19.9. The molecule has 0 aromatic heterocycles. The van der Waals surface area contributed by atoms with E-state index in [4.69, 9.17) is 0 Å². The van der Waals surface area contributed by atoms with Gasteiger partial charge >= 0.3 is 5.97 Å². The molecular weight excluding hydrogens is 253 g/mol. The van der Waals surface area contributed by atoms with E-state index in [1.807, 2.05) is 6.92 Å². The topological polar surface area (TPSA) is 80.4 Å². The Hall–Kier alpha value is -1.98. The minimum Gasteiger partial charge on any atom is -0.481 e. The molecule has 0 spiro atoms. The lowest BCUT2D eigenvalue weighted by Crippen LogP contribution is -2.30. The van der Waals surface area contributed by atoms with Crippen molar-refractivity contribution in [1.82, 2.24) is 0 Å². The van der Waals surface area contributed by atoms with E-state index < -0.39 is 22.1 Å². The quantitative estimate of drug-likeness (QED) is 0.635. The molecule has 1 rings (SSSR count). The van der Waals surface area contributed by atoms with E-state index in [1.54, 1.807) is 6.92 Å². The van der Waals surface area contributed by atoms with Crippen molar-refractivity contribution in [2.75, 3.05) is 0 Å². The molecule has 0 aliphatic rings. The zero-order valence-corrected chi connectivity index (χ0v) is 10.9. The van der Waals surface area contributed by atoms with E-state index in [-0.39, 0.29) is 12.1 Å². The van der Waals surface area contributed by atoms with Gasteiger partial charge in [-0.25, -0.2) is 4.39 Å². The van der Waals surface area contributed by atoms with Crippen LogP contribution in [0.3, 0.4) is 0 Å². The molecule has 0 saturated carbocycles. The summed E-state index contributed by atoms with van der Waals surface area (Å²) in [6.45, 7) is 3.42. The minimum atomic E-state index is -1.05. The monoisotopic (exact) mass is 269 g/mol. The number of hydrogen-bond acceptors (Lipinski definition) is 3. The maximum absolute atomic E-state index is 13.3. The van der Waals surface area contributed by atoms with E-state index >= 15 is 0 Å². The van der Waals surface area contributed by atoms with Crippen LogP contribution in [0.4, 0.5) is 10.1 Å². The van der Waals surface area contributed by atoms with E-state index in [2.05, 4.69) is 0 Å². The number of aliphatic carboxylic acids is 1. The molecular formula is C13H16FNO4. The van der Waals surface area contributed by atoms with Gasteiger partial charge in [-0.3, -0.25) is 14.9 Å². The number of rotatable bonds is 6. The highest BCUT2D eigenvalue weighted by Crippen LogP contribution is 2.30. The molecule has 5 nitrogen and oxygen atoms in total. The molecule has 1 atom stereocenters. The predicted molar refractivity (Wildman–Crippen MR) is 67.4 cm³/mol. The molecule has 1 aromatic rings. The van der Waals surface area contributed by atoms with Crippen LogP contribution in [0, 0.1) is 21.3 Å². The second-order valence-electron chi connectivity index (χ2n) is 4.87. The van der Waals surface area contributed by atoms with E-state index in [0.29, 0.717) is 18.4 Å². The molecule has 0 aliphatic carbocycles. The van der Waals surface area contributed by atoms with Crippen LogP contribution in [0.15, 0.2) is 18.2 Å². The van der Waals surface area contributed by atoms with Gasteiger partial charge in [0.15, 0.2) is 0 Å². The summed E-state index contributed by atoms with van der Waals surface area (Å²) in [7, 11) is 0. The van der Waals surface area contributed by atoms with Gasteiger partial charge < -0.3 is 5.11 Å². The van der Waals surface area contributed by atoms with Crippen molar-refractivity contribution in [2.45, 2.75) is 33.1 Å².